The van der Waals surface area contributed by atoms with Gasteiger partial charge in [-0.05, 0) is 31.0 Å². The summed E-state index contributed by atoms with van der Waals surface area (Å²) < 4.78 is 32.3. The monoisotopic (exact) mass is 312 g/mol. The lowest BCUT2D eigenvalue weighted by molar-refractivity contribution is -0.119. The summed E-state index contributed by atoms with van der Waals surface area (Å²) >= 11 is 0. The van der Waals surface area contributed by atoms with Crippen LogP contribution in [0.25, 0.3) is 0 Å². The summed E-state index contributed by atoms with van der Waals surface area (Å²) in [4.78, 5) is 12.5. The molecular formula is C14H20N2O4S. The number of nitrogens with zero attached hydrogens (tertiary/aromatic N) is 2. The predicted molar refractivity (Wildman–Crippen MR) is 78.9 cm³/mol. The molecule has 116 valence electrons. The Hall–Kier alpha value is -1.60. The SMILES string of the molecule is COc1cc(C)cc(C)c1S(=O)(=O)N1CCN(C=O)CC1. The zero-order valence-electron chi connectivity index (χ0n) is 12.5. The van der Waals surface area contributed by atoms with Gasteiger partial charge in [-0.1, -0.05) is 6.07 Å². The van der Waals surface area contributed by atoms with E-state index in [0.29, 0.717) is 37.5 Å². The number of sulfonamides is 1. The van der Waals surface area contributed by atoms with Gasteiger partial charge >= 0.3 is 0 Å². The van der Waals surface area contributed by atoms with Gasteiger partial charge in [-0.25, -0.2) is 8.42 Å². The lowest BCUT2D eigenvalue weighted by Gasteiger charge is -2.32. The van der Waals surface area contributed by atoms with E-state index in [1.165, 1.54) is 11.4 Å². The molecule has 1 aliphatic heterocycles. The second kappa shape index (κ2) is 6.03. The zero-order chi connectivity index (χ0) is 15.6. The molecule has 1 saturated heterocycles. The molecule has 1 aromatic rings. The first kappa shape index (κ1) is 15.8. The van der Waals surface area contributed by atoms with Gasteiger partial charge in [0.05, 0.1) is 7.11 Å². The van der Waals surface area contributed by atoms with E-state index in [1.807, 2.05) is 13.0 Å². The molecule has 0 radical (unpaired) electrons. The Bertz CT molecular complexity index is 635. The molecule has 1 heterocycles. The van der Waals surface area contributed by atoms with Crippen molar-refractivity contribution in [3.05, 3.63) is 23.3 Å². The molecular weight excluding hydrogens is 292 g/mol. The lowest BCUT2D eigenvalue weighted by atomic mass is 10.1. The van der Waals surface area contributed by atoms with Gasteiger partial charge in [-0.15, -0.1) is 0 Å². The van der Waals surface area contributed by atoms with Gasteiger partial charge in [0.25, 0.3) is 0 Å². The fourth-order valence-corrected chi connectivity index (χ4v) is 4.34. The molecule has 0 unspecified atom stereocenters. The molecule has 0 saturated carbocycles. The van der Waals surface area contributed by atoms with Gasteiger partial charge in [-0.2, -0.15) is 4.31 Å². The van der Waals surface area contributed by atoms with Crippen LogP contribution in [-0.4, -0.2) is 57.3 Å². The van der Waals surface area contributed by atoms with Crippen molar-refractivity contribution < 1.29 is 17.9 Å². The van der Waals surface area contributed by atoms with Crippen LogP contribution >= 0.6 is 0 Å². The molecule has 2 rings (SSSR count). The molecule has 7 heteroatoms. The molecule has 1 aromatic carbocycles. The van der Waals surface area contributed by atoms with Crippen molar-refractivity contribution in [3.63, 3.8) is 0 Å². The van der Waals surface area contributed by atoms with Gasteiger partial charge < -0.3 is 9.64 Å². The molecule has 0 aliphatic carbocycles. The molecule has 1 amide bonds. The third-order valence-electron chi connectivity index (χ3n) is 3.62. The van der Waals surface area contributed by atoms with Gasteiger partial charge in [0.2, 0.25) is 16.4 Å². The number of aryl methyl sites for hydroxylation is 2. The molecule has 1 aliphatic rings. The number of carbonyl (C=O) groups excluding carboxylic acids is 1. The quantitative estimate of drug-likeness (QED) is 0.770. The number of amides is 1. The van der Waals surface area contributed by atoms with Crippen LogP contribution < -0.4 is 4.74 Å². The van der Waals surface area contributed by atoms with Crippen molar-refractivity contribution in [1.29, 1.82) is 0 Å². The van der Waals surface area contributed by atoms with Crippen LogP contribution in [0.1, 0.15) is 11.1 Å². The average Bonchev–Trinajstić information content (AvgIpc) is 2.46. The summed E-state index contributed by atoms with van der Waals surface area (Å²) in [6.45, 7) is 5.10. The van der Waals surface area contributed by atoms with E-state index in [1.54, 1.807) is 17.9 Å². The largest absolute Gasteiger partial charge is 0.495 e. The molecule has 0 bridgehead atoms. The van der Waals surface area contributed by atoms with Gasteiger partial charge in [0.1, 0.15) is 10.6 Å². The van der Waals surface area contributed by atoms with Crippen LogP contribution in [0.5, 0.6) is 5.75 Å². The van der Waals surface area contributed by atoms with Crippen LogP contribution in [-0.2, 0) is 14.8 Å². The summed E-state index contributed by atoms with van der Waals surface area (Å²) in [6, 6.07) is 3.55. The maximum absolute atomic E-state index is 12.8. The standard InChI is InChI=1S/C14H20N2O4S/c1-11-8-12(2)14(13(9-11)20-3)21(18,19)16-6-4-15(10-17)5-7-16/h8-10H,4-7H2,1-3H3. The predicted octanol–water partition coefficient (Wildman–Crippen LogP) is 0.775. The minimum absolute atomic E-state index is 0.218. The van der Waals surface area contributed by atoms with E-state index in [4.69, 9.17) is 4.74 Å². The van der Waals surface area contributed by atoms with E-state index in [9.17, 15) is 13.2 Å². The highest BCUT2D eigenvalue weighted by molar-refractivity contribution is 7.89. The number of methoxy groups -OCH3 is 1. The van der Waals surface area contributed by atoms with Crippen molar-refractivity contribution in [2.45, 2.75) is 18.7 Å². The van der Waals surface area contributed by atoms with Crippen LogP contribution in [0, 0.1) is 13.8 Å². The smallest absolute Gasteiger partial charge is 0.247 e. The number of ether oxygens (including phenoxy) is 1. The molecule has 0 spiro atoms. The first-order chi connectivity index (χ1) is 9.90. The van der Waals surface area contributed by atoms with Crippen molar-refractivity contribution in [2.24, 2.45) is 0 Å². The van der Waals surface area contributed by atoms with E-state index in [0.717, 1.165) is 12.0 Å². The van der Waals surface area contributed by atoms with Crippen molar-refractivity contribution >= 4 is 16.4 Å². The van der Waals surface area contributed by atoms with Crippen molar-refractivity contribution in [1.82, 2.24) is 9.21 Å². The number of hydrogen-bond acceptors (Lipinski definition) is 4. The highest BCUT2D eigenvalue weighted by Crippen LogP contribution is 2.31. The fourth-order valence-electron chi connectivity index (χ4n) is 2.58. The number of benzene rings is 1. The summed E-state index contributed by atoms with van der Waals surface area (Å²) in [6.07, 6.45) is 0.752. The first-order valence-corrected chi connectivity index (χ1v) is 8.19. The Kier molecular flexibility index (Phi) is 4.53. The van der Waals surface area contributed by atoms with Crippen molar-refractivity contribution in [2.75, 3.05) is 33.3 Å². The minimum atomic E-state index is -3.62. The third kappa shape index (κ3) is 3.03. The lowest BCUT2D eigenvalue weighted by Crippen LogP contribution is -2.48. The van der Waals surface area contributed by atoms with E-state index in [2.05, 4.69) is 0 Å². The number of rotatable bonds is 4. The normalized spacial score (nSPS) is 16.8. The van der Waals surface area contributed by atoms with E-state index >= 15 is 0 Å². The highest BCUT2D eigenvalue weighted by atomic mass is 32.2. The highest BCUT2D eigenvalue weighted by Gasteiger charge is 2.31. The minimum Gasteiger partial charge on any atom is -0.495 e. The maximum atomic E-state index is 12.8. The maximum Gasteiger partial charge on any atom is 0.247 e. The van der Waals surface area contributed by atoms with E-state index < -0.39 is 10.0 Å². The zero-order valence-corrected chi connectivity index (χ0v) is 13.3. The van der Waals surface area contributed by atoms with E-state index in [-0.39, 0.29) is 4.90 Å². The second-order valence-electron chi connectivity index (χ2n) is 5.16. The fraction of sp³-hybridized carbons (Fsp3) is 0.500. The summed E-state index contributed by atoms with van der Waals surface area (Å²) in [7, 11) is -2.15. The summed E-state index contributed by atoms with van der Waals surface area (Å²) in [5.74, 6) is 0.366. The van der Waals surface area contributed by atoms with Crippen molar-refractivity contribution in [3.8, 4) is 5.75 Å². The topological polar surface area (TPSA) is 66.9 Å². The Morgan fingerprint density at radius 3 is 2.29 bits per heavy atom. The van der Waals surface area contributed by atoms with Crippen LogP contribution in [0.4, 0.5) is 0 Å². The molecule has 0 aromatic heterocycles. The second-order valence-corrected chi connectivity index (χ2v) is 7.03. The first-order valence-electron chi connectivity index (χ1n) is 6.75. The Morgan fingerprint density at radius 2 is 1.76 bits per heavy atom. The number of carbonyl (C=O) groups is 1. The average molecular weight is 312 g/mol. The Morgan fingerprint density at radius 1 is 1.14 bits per heavy atom. The summed E-state index contributed by atoms with van der Waals surface area (Å²) in [5, 5.41) is 0. The van der Waals surface area contributed by atoms with Crippen LogP contribution in [0.15, 0.2) is 17.0 Å². The van der Waals surface area contributed by atoms with Crippen LogP contribution in [0.3, 0.4) is 0 Å². The van der Waals surface area contributed by atoms with Gasteiger partial charge in [0, 0.05) is 26.2 Å². The Balaban J connectivity index is 2.39. The molecule has 0 N–H and O–H groups in total. The molecule has 1 fully saturated rings. The molecule has 6 nitrogen and oxygen atoms in total. The van der Waals surface area contributed by atoms with Crippen LogP contribution in [0.2, 0.25) is 0 Å². The number of hydrogen-bond donors (Lipinski definition) is 0. The van der Waals surface area contributed by atoms with Gasteiger partial charge in [0.15, 0.2) is 0 Å². The molecule has 0 atom stereocenters. The summed E-state index contributed by atoms with van der Waals surface area (Å²) in [5.41, 5.74) is 1.62. The number of piperazine rings is 1. The molecule has 21 heavy (non-hydrogen) atoms. The third-order valence-corrected chi connectivity index (χ3v) is 5.71. The Labute approximate surface area is 125 Å². The van der Waals surface area contributed by atoms with Gasteiger partial charge in [-0.3, -0.25) is 4.79 Å².